The molecule has 0 bridgehead atoms. The molecule has 3 rings (SSSR count). The average Bonchev–Trinajstić information content (AvgIpc) is 2.62. The van der Waals surface area contributed by atoms with Crippen molar-refractivity contribution in [2.24, 2.45) is 0 Å². The van der Waals surface area contributed by atoms with Gasteiger partial charge in [0.25, 0.3) is 5.91 Å². The van der Waals surface area contributed by atoms with Gasteiger partial charge in [0.1, 0.15) is 11.5 Å². The lowest BCUT2D eigenvalue weighted by Crippen LogP contribution is -2.15. The summed E-state index contributed by atoms with van der Waals surface area (Å²) in [4.78, 5) is 20.4. The summed E-state index contributed by atoms with van der Waals surface area (Å²) in [5.41, 5.74) is 1.41. The molecule has 0 radical (unpaired) electrons. The Morgan fingerprint density at radius 3 is 2.54 bits per heavy atom. The number of hydrogen-bond donors (Lipinski definition) is 2. The molecule has 1 heterocycles. The first-order valence-corrected chi connectivity index (χ1v) is 7.39. The molecule has 1 aromatic heterocycles. The third-order valence-corrected chi connectivity index (χ3v) is 3.31. The van der Waals surface area contributed by atoms with Crippen molar-refractivity contribution in [3.8, 4) is 0 Å². The Hall–Kier alpha value is -3.28. The maximum Gasteiger partial charge on any atom is 0.274 e. The van der Waals surface area contributed by atoms with Gasteiger partial charge in [0.15, 0.2) is 0 Å². The Morgan fingerprint density at radius 1 is 1.00 bits per heavy atom. The number of nitrogens with one attached hydrogen (secondary N) is 2. The van der Waals surface area contributed by atoms with Crippen molar-refractivity contribution in [3.05, 3.63) is 83.9 Å². The minimum Gasteiger partial charge on any atom is -0.350 e. The maximum atomic E-state index is 13.6. The third kappa shape index (κ3) is 3.92. The monoisotopic (exact) mass is 322 g/mol. The predicted octanol–water partition coefficient (Wildman–Crippen LogP) is 3.48. The van der Waals surface area contributed by atoms with Gasteiger partial charge in [-0.15, -0.1) is 0 Å². The van der Waals surface area contributed by atoms with Crippen LogP contribution in [0.1, 0.15) is 16.1 Å². The number of hydrogen-bond acceptors (Lipinski definition) is 4. The van der Waals surface area contributed by atoms with Crippen molar-refractivity contribution >= 4 is 17.5 Å². The Balaban J connectivity index is 1.68. The lowest BCUT2D eigenvalue weighted by Gasteiger charge is -2.08. The molecule has 0 fully saturated rings. The van der Waals surface area contributed by atoms with Gasteiger partial charge in [-0.2, -0.15) is 0 Å². The first-order chi connectivity index (χ1) is 11.7. The van der Waals surface area contributed by atoms with Gasteiger partial charge in [0.2, 0.25) is 5.95 Å². The van der Waals surface area contributed by atoms with Crippen molar-refractivity contribution < 1.29 is 9.18 Å². The summed E-state index contributed by atoms with van der Waals surface area (Å²) in [5.74, 6) is -0.375. The van der Waals surface area contributed by atoms with Crippen LogP contribution in [0, 0.1) is 5.82 Å². The molecule has 1 amide bonds. The third-order valence-electron chi connectivity index (χ3n) is 3.31. The highest BCUT2D eigenvalue weighted by Crippen LogP contribution is 2.10. The van der Waals surface area contributed by atoms with Crippen LogP contribution in [0.25, 0.3) is 0 Å². The zero-order valence-corrected chi connectivity index (χ0v) is 12.7. The van der Waals surface area contributed by atoms with E-state index in [-0.39, 0.29) is 29.9 Å². The highest BCUT2D eigenvalue weighted by molar-refractivity contribution is 6.02. The first-order valence-electron chi connectivity index (χ1n) is 7.39. The second-order valence-electron chi connectivity index (χ2n) is 5.03. The second kappa shape index (κ2) is 7.32. The number of para-hydroxylation sites is 1. The molecule has 0 aliphatic rings. The summed E-state index contributed by atoms with van der Waals surface area (Å²) in [6, 6.07) is 17.1. The molecule has 0 atom stereocenters. The number of benzene rings is 2. The molecule has 2 aromatic carbocycles. The van der Waals surface area contributed by atoms with Crippen molar-refractivity contribution in [2.45, 2.75) is 6.54 Å². The number of halogens is 1. The van der Waals surface area contributed by atoms with Gasteiger partial charge in [0.05, 0.1) is 0 Å². The zero-order valence-electron chi connectivity index (χ0n) is 12.7. The Kier molecular flexibility index (Phi) is 4.76. The van der Waals surface area contributed by atoms with E-state index >= 15 is 0 Å². The van der Waals surface area contributed by atoms with Gasteiger partial charge in [-0.3, -0.25) is 4.79 Å². The molecule has 5 nitrogen and oxygen atoms in total. The Morgan fingerprint density at radius 2 is 1.75 bits per heavy atom. The Labute approximate surface area is 138 Å². The number of carbonyl (C=O) groups is 1. The molecule has 3 aromatic rings. The van der Waals surface area contributed by atoms with Crippen molar-refractivity contribution in [1.29, 1.82) is 0 Å². The van der Waals surface area contributed by atoms with E-state index in [0.717, 1.165) is 0 Å². The molecular weight excluding hydrogens is 307 g/mol. The standard InChI is InChI=1S/C18H15FN4O/c19-15-9-5-4-6-13(15)12-21-18-20-11-10-16(23-18)17(24)22-14-7-2-1-3-8-14/h1-11H,12H2,(H,22,24)(H,20,21,23). The van der Waals surface area contributed by atoms with Crippen molar-refractivity contribution in [3.63, 3.8) is 0 Å². The molecule has 6 heteroatoms. The number of anilines is 2. The normalized spacial score (nSPS) is 10.2. The number of aromatic nitrogens is 2. The van der Waals surface area contributed by atoms with E-state index in [2.05, 4.69) is 20.6 Å². The lowest BCUT2D eigenvalue weighted by molar-refractivity contribution is 0.102. The fraction of sp³-hybridized carbons (Fsp3) is 0.0556. The Bertz CT molecular complexity index is 839. The van der Waals surface area contributed by atoms with Crippen LogP contribution >= 0.6 is 0 Å². The fourth-order valence-electron chi connectivity index (χ4n) is 2.10. The first kappa shape index (κ1) is 15.6. The number of amides is 1. The molecule has 2 N–H and O–H groups in total. The van der Waals surface area contributed by atoms with E-state index < -0.39 is 0 Å². The van der Waals surface area contributed by atoms with E-state index in [1.807, 2.05) is 18.2 Å². The van der Waals surface area contributed by atoms with Crippen LogP contribution in [0.2, 0.25) is 0 Å². The van der Waals surface area contributed by atoms with Gasteiger partial charge in [-0.1, -0.05) is 36.4 Å². The minimum absolute atomic E-state index is 0.227. The topological polar surface area (TPSA) is 66.9 Å². The fourth-order valence-corrected chi connectivity index (χ4v) is 2.10. The van der Waals surface area contributed by atoms with Crippen LogP contribution in [0.4, 0.5) is 16.0 Å². The van der Waals surface area contributed by atoms with Gasteiger partial charge in [-0.25, -0.2) is 14.4 Å². The van der Waals surface area contributed by atoms with Gasteiger partial charge >= 0.3 is 0 Å². The molecule has 0 spiro atoms. The van der Waals surface area contributed by atoms with Gasteiger partial charge < -0.3 is 10.6 Å². The maximum absolute atomic E-state index is 13.6. The predicted molar refractivity (Wildman–Crippen MR) is 90.2 cm³/mol. The molecule has 24 heavy (non-hydrogen) atoms. The SMILES string of the molecule is O=C(Nc1ccccc1)c1ccnc(NCc2ccccc2F)n1. The van der Waals surface area contributed by atoms with Gasteiger partial charge in [0, 0.05) is 24.0 Å². The highest BCUT2D eigenvalue weighted by Gasteiger charge is 2.09. The molecule has 0 aliphatic heterocycles. The summed E-state index contributed by atoms with van der Waals surface area (Å²) < 4.78 is 13.6. The van der Waals surface area contributed by atoms with Gasteiger partial charge in [-0.05, 0) is 24.3 Å². The number of carbonyl (C=O) groups excluding carboxylic acids is 1. The molecular formula is C18H15FN4O. The average molecular weight is 322 g/mol. The smallest absolute Gasteiger partial charge is 0.274 e. The van der Waals surface area contributed by atoms with E-state index in [0.29, 0.717) is 11.3 Å². The van der Waals surface area contributed by atoms with Crippen LogP contribution in [0.3, 0.4) is 0 Å². The largest absolute Gasteiger partial charge is 0.350 e. The van der Waals surface area contributed by atoms with E-state index in [9.17, 15) is 9.18 Å². The number of nitrogens with zero attached hydrogens (tertiary/aromatic N) is 2. The van der Waals surface area contributed by atoms with E-state index in [4.69, 9.17) is 0 Å². The highest BCUT2D eigenvalue weighted by atomic mass is 19.1. The molecule has 0 saturated heterocycles. The molecule has 120 valence electrons. The number of rotatable bonds is 5. The summed E-state index contributed by atoms with van der Waals surface area (Å²) >= 11 is 0. The van der Waals surface area contributed by atoms with Crippen molar-refractivity contribution in [2.75, 3.05) is 10.6 Å². The minimum atomic E-state index is -0.336. The van der Waals surface area contributed by atoms with Crippen LogP contribution in [0.15, 0.2) is 66.9 Å². The zero-order chi connectivity index (χ0) is 16.8. The van der Waals surface area contributed by atoms with Crippen LogP contribution in [-0.4, -0.2) is 15.9 Å². The van der Waals surface area contributed by atoms with Crippen LogP contribution in [0.5, 0.6) is 0 Å². The molecule has 0 unspecified atom stereocenters. The lowest BCUT2D eigenvalue weighted by atomic mass is 10.2. The molecule has 0 aliphatic carbocycles. The van der Waals surface area contributed by atoms with Crippen LogP contribution in [-0.2, 0) is 6.54 Å². The molecule has 0 saturated carbocycles. The van der Waals surface area contributed by atoms with E-state index in [1.54, 1.807) is 30.3 Å². The quantitative estimate of drug-likeness (QED) is 0.755. The summed E-state index contributed by atoms with van der Waals surface area (Å²) in [7, 11) is 0. The summed E-state index contributed by atoms with van der Waals surface area (Å²) in [6.07, 6.45) is 1.48. The van der Waals surface area contributed by atoms with E-state index in [1.165, 1.54) is 18.3 Å². The van der Waals surface area contributed by atoms with Crippen molar-refractivity contribution in [1.82, 2.24) is 9.97 Å². The second-order valence-corrected chi connectivity index (χ2v) is 5.03. The summed E-state index contributed by atoms with van der Waals surface area (Å²) in [6.45, 7) is 0.233. The van der Waals surface area contributed by atoms with Crippen LogP contribution < -0.4 is 10.6 Å². The summed E-state index contributed by atoms with van der Waals surface area (Å²) in [5, 5.41) is 5.67.